The second kappa shape index (κ2) is 8.28. The number of carbonyl (C=O) groups excluding carboxylic acids is 1. The number of para-hydroxylation sites is 1. The first-order valence-electron chi connectivity index (χ1n) is 7.25. The van der Waals surface area contributed by atoms with Gasteiger partial charge < -0.3 is 15.2 Å². The van der Waals surface area contributed by atoms with Crippen LogP contribution in [0.4, 0.5) is 0 Å². The van der Waals surface area contributed by atoms with Crippen molar-refractivity contribution in [2.24, 2.45) is 0 Å². The fraction of sp³-hybridized carbons (Fsp3) is 0.333. The smallest absolute Gasteiger partial charge is 0.326 e. The van der Waals surface area contributed by atoms with Crippen LogP contribution in [-0.2, 0) is 9.53 Å². The molecule has 1 aromatic carbocycles. The number of aryl methyl sites for hydroxylation is 1. The molecule has 0 radical (unpaired) electrons. The molecule has 1 heterocycles. The van der Waals surface area contributed by atoms with Gasteiger partial charge >= 0.3 is 5.97 Å². The molecule has 1 aromatic heterocycles. The first-order valence-corrected chi connectivity index (χ1v) is 8.01. The van der Waals surface area contributed by atoms with Crippen molar-refractivity contribution in [3.63, 3.8) is 0 Å². The van der Waals surface area contributed by atoms with Crippen LogP contribution in [0, 0.1) is 6.92 Å². The number of hydrogen-bond acceptors (Lipinski definition) is 5. The number of carboxylic acid groups (broad SMARTS) is 1. The Morgan fingerprint density at radius 1 is 1.36 bits per heavy atom. The van der Waals surface area contributed by atoms with Crippen molar-refractivity contribution in [2.45, 2.75) is 19.4 Å². The summed E-state index contributed by atoms with van der Waals surface area (Å²) in [5, 5.41) is 16.3. The minimum atomic E-state index is -1.17. The summed E-state index contributed by atoms with van der Waals surface area (Å²) >= 11 is 12.3. The highest BCUT2D eigenvalue weighted by molar-refractivity contribution is 6.37. The van der Waals surface area contributed by atoms with Crippen LogP contribution in [0.5, 0.6) is 0 Å². The topological polar surface area (TPSA) is 106 Å². The lowest BCUT2D eigenvalue weighted by Gasteiger charge is -2.12. The Labute approximate surface area is 153 Å². The van der Waals surface area contributed by atoms with Gasteiger partial charge in [0.1, 0.15) is 17.6 Å². The molecule has 2 rings (SSSR count). The first kappa shape index (κ1) is 19.2. The molecular formula is C15H16Cl2N4O4. The summed E-state index contributed by atoms with van der Waals surface area (Å²) in [6.45, 7) is 1.82. The number of aromatic nitrogens is 3. The molecule has 0 saturated carbocycles. The molecule has 10 heteroatoms. The van der Waals surface area contributed by atoms with E-state index >= 15 is 0 Å². The van der Waals surface area contributed by atoms with Crippen LogP contribution in [0.15, 0.2) is 18.2 Å². The van der Waals surface area contributed by atoms with Crippen molar-refractivity contribution >= 4 is 35.1 Å². The predicted molar refractivity (Wildman–Crippen MR) is 91.5 cm³/mol. The zero-order valence-corrected chi connectivity index (χ0v) is 15.0. The third kappa shape index (κ3) is 4.47. The summed E-state index contributed by atoms with van der Waals surface area (Å²) < 4.78 is 6.18. The number of ether oxygens (including phenoxy) is 1. The molecule has 1 unspecified atom stereocenters. The van der Waals surface area contributed by atoms with E-state index in [0.29, 0.717) is 21.6 Å². The van der Waals surface area contributed by atoms with Crippen LogP contribution in [0.2, 0.25) is 10.0 Å². The van der Waals surface area contributed by atoms with Gasteiger partial charge in [-0.25, -0.2) is 14.5 Å². The van der Waals surface area contributed by atoms with E-state index in [-0.39, 0.29) is 18.9 Å². The zero-order chi connectivity index (χ0) is 18.6. The van der Waals surface area contributed by atoms with Gasteiger partial charge in [-0.2, -0.15) is 0 Å². The lowest BCUT2D eigenvalue weighted by molar-refractivity contribution is -0.139. The number of halogens is 2. The maximum Gasteiger partial charge on any atom is 0.326 e. The molecule has 0 fully saturated rings. The van der Waals surface area contributed by atoms with Crippen molar-refractivity contribution in [2.75, 3.05) is 13.7 Å². The molecule has 2 aromatic rings. The maximum atomic E-state index is 12.3. The molecule has 0 bridgehead atoms. The van der Waals surface area contributed by atoms with Gasteiger partial charge in [-0.3, -0.25) is 4.79 Å². The van der Waals surface area contributed by atoms with Crippen LogP contribution in [0.25, 0.3) is 5.69 Å². The van der Waals surface area contributed by atoms with Crippen molar-refractivity contribution < 1.29 is 19.4 Å². The normalized spacial score (nSPS) is 12.0. The third-order valence-electron chi connectivity index (χ3n) is 3.34. The van der Waals surface area contributed by atoms with Crippen molar-refractivity contribution in [1.82, 2.24) is 20.1 Å². The van der Waals surface area contributed by atoms with Crippen LogP contribution < -0.4 is 5.32 Å². The molecule has 1 amide bonds. The molecule has 25 heavy (non-hydrogen) atoms. The number of carboxylic acids is 1. The minimum absolute atomic E-state index is 0.119. The quantitative estimate of drug-likeness (QED) is 0.754. The van der Waals surface area contributed by atoms with Crippen molar-refractivity contribution in [1.29, 1.82) is 0 Å². The van der Waals surface area contributed by atoms with Crippen LogP contribution >= 0.6 is 23.2 Å². The van der Waals surface area contributed by atoms with Crippen molar-refractivity contribution in [3.8, 4) is 5.69 Å². The number of aliphatic carboxylic acids is 1. The Balaban J connectivity index is 2.27. The number of hydrogen-bond donors (Lipinski definition) is 2. The highest BCUT2D eigenvalue weighted by atomic mass is 35.5. The number of nitrogens with zero attached hydrogens (tertiary/aromatic N) is 3. The van der Waals surface area contributed by atoms with Gasteiger partial charge in [0.05, 0.1) is 10.0 Å². The Bertz CT molecular complexity index is 774. The number of carbonyl (C=O) groups is 2. The van der Waals surface area contributed by atoms with E-state index in [1.165, 1.54) is 11.8 Å². The van der Waals surface area contributed by atoms with E-state index in [1.807, 2.05) is 0 Å². The summed E-state index contributed by atoms with van der Waals surface area (Å²) in [7, 11) is 1.45. The lowest BCUT2D eigenvalue weighted by atomic mass is 10.2. The Kier molecular flexibility index (Phi) is 6.35. The van der Waals surface area contributed by atoms with Crippen molar-refractivity contribution in [3.05, 3.63) is 39.9 Å². The molecule has 0 aliphatic heterocycles. The average molecular weight is 387 g/mol. The fourth-order valence-corrected chi connectivity index (χ4v) is 2.66. The molecule has 134 valence electrons. The minimum Gasteiger partial charge on any atom is -0.480 e. The van der Waals surface area contributed by atoms with Crippen LogP contribution in [0.1, 0.15) is 22.9 Å². The van der Waals surface area contributed by atoms with E-state index in [1.54, 1.807) is 25.1 Å². The first-order chi connectivity index (χ1) is 11.8. The molecule has 8 nitrogen and oxygen atoms in total. The fourth-order valence-electron chi connectivity index (χ4n) is 2.11. The molecular weight excluding hydrogens is 371 g/mol. The molecule has 0 spiro atoms. The summed E-state index contributed by atoms with van der Waals surface area (Å²) in [6, 6.07) is 3.84. The zero-order valence-electron chi connectivity index (χ0n) is 13.5. The van der Waals surface area contributed by atoms with Crippen LogP contribution in [-0.4, -0.2) is 51.5 Å². The summed E-state index contributed by atoms with van der Waals surface area (Å²) in [4.78, 5) is 27.5. The Morgan fingerprint density at radius 3 is 2.56 bits per heavy atom. The van der Waals surface area contributed by atoms with Crippen LogP contribution in [0.3, 0.4) is 0 Å². The van der Waals surface area contributed by atoms with Gasteiger partial charge in [-0.1, -0.05) is 29.3 Å². The molecule has 0 saturated heterocycles. The highest BCUT2D eigenvalue weighted by Crippen LogP contribution is 2.28. The summed E-state index contributed by atoms with van der Waals surface area (Å²) in [5.74, 6) is -1.69. The second-order valence-corrected chi connectivity index (χ2v) is 5.92. The molecule has 0 aliphatic carbocycles. The predicted octanol–water partition coefficient (Wildman–Crippen LogP) is 2.10. The monoisotopic (exact) mass is 386 g/mol. The van der Waals surface area contributed by atoms with E-state index in [9.17, 15) is 9.59 Å². The SMILES string of the molecule is COCCC(NC(=O)c1nc(C)n(-c2c(Cl)cccc2Cl)n1)C(=O)O. The number of nitrogens with one attached hydrogen (secondary N) is 1. The molecule has 1 atom stereocenters. The van der Waals surface area contributed by atoms with E-state index in [4.69, 9.17) is 33.0 Å². The van der Waals surface area contributed by atoms with Gasteiger partial charge in [-0.05, 0) is 19.1 Å². The van der Waals surface area contributed by atoms with E-state index in [2.05, 4.69) is 15.4 Å². The Hall–Kier alpha value is -2.16. The van der Waals surface area contributed by atoms with Gasteiger partial charge in [0.25, 0.3) is 5.91 Å². The van der Waals surface area contributed by atoms with Gasteiger partial charge in [0.2, 0.25) is 5.82 Å². The molecule has 2 N–H and O–H groups in total. The Morgan fingerprint density at radius 2 is 2.00 bits per heavy atom. The number of rotatable bonds is 7. The third-order valence-corrected chi connectivity index (χ3v) is 3.95. The summed E-state index contributed by atoms with van der Waals surface area (Å²) in [5.41, 5.74) is 0.393. The van der Waals surface area contributed by atoms with E-state index < -0.39 is 17.9 Å². The van der Waals surface area contributed by atoms with Gasteiger partial charge in [-0.15, -0.1) is 5.10 Å². The van der Waals surface area contributed by atoms with Gasteiger partial charge in [0, 0.05) is 20.1 Å². The largest absolute Gasteiger partial charge is 0.480 e. The second-order valence-electron chi connectivity index (χ2n) is 5.11. The number of methoxy groups -OCH3 is 1. The summed E-state index contributed by atoms with van der Waals surface area (Å²) in [6.07, 6.45) is 0.119. The number of benzene rings is 1. The van der Waals surface area contributed by atoms with E-state index in [0.717, 1.165) is 0 Å². The maximum absolute atomic E-state index is 12.3. The van der Waals surface area contributed by atoms with Gasteiger partial charge in [0.15, 0.2) is 0 Å². The standard InChI is InChI=1S/C15H16Cl2N4O4/c1-8-18-13(14(22)19-11(15(23)24)6-7-25-2)20-21(8)12-9(16)4-3-5-10(12)17/h3-5,11H,6-7H2,1-2H3,(H,19,22)(H,23,24). The number of amides is 1. The average Bonchev–Trinajstić information content (AvgIpc) is 2.92. The lowest BCUT2D eigenvalue weighted by Crippen LogP contribution is -2.42. The molecule has 0 aliphatic rings. The highest BCUT2D eigenvalue weighted by Gasteiger charge is 2.24.